The third-order valence-corrected chi connectivity index (χ3v) is 4.58. The second-order valence-electron chi connectivity index (χ2n) is 6.59. The zero-order valence-corrected chi connectivity index (χ0v) is 16.4. The normalized spacial score (nSPS) is 10.8. The zero-order chi connectivity index (χ0) is 20.8. The highest BCUT2D eigenvalue weighted by Crippen LogP contribution is 2.24. The van der Waals surface area contributed by atoms with Crippen LogP contribution in [0.2, 0.25) is 0 Å². The summed E-state index contributed by atoms with van der Waals surface area (Å²) >= 11 is 0. The Balaban J connectivity index is 1.42. The Bertz CT molecular complexity index is 1170. The molecule has 0 atom stereocenters. The fourth-order valence-electron chi connectivity index (χ4n) is 3.00. The number of aromatic amines is 1. The molecule has 1 heterocycles. The summed E-state index contributed by atoms with van der Waals surface area (Å²) in [6.07, 6.45) is 1.56. The molecule has 0 aliphatic rings. The van der Waals surface area contributed by atoms with Gasteiger partial charge in [0.1, 0.15) is 11.4 Å². The minimum absolute atomic E-state index is 0.333. The van der Waals surface area contributed by atoms with Gasteiger partial charge in [-0.05, 0) is 34.9 Å². The van der Waals surface area contributed by atoms with Gasteiger partial charge in [-0.2, -0.15) is 10.2 Å². The summed E-state index contributed by atoms with van der Waals surface area (Å²) in [5.74, 6) is 0.357. The first-order valence-electron chi connectivity index (χ1n) is 9.41. The van der Waals surface area contributed by atoms with E-state index in [1.54, 1.807) is 19.4 Å². The molecule has 0 saturated carbocycles. The molecule has 0 radical (unpaired) electrons. The van der Waals surface area contributed by atoms with Gasteiger partial charge in [-0.3, -0.25) is 9.89 Å². The predicted molar refractivity (Wildman–Crippen MR) is 118 cm³/mol. The Morgan fingerprint density at radius 3 is 2.43 bits per heavy atom. The highest BCUT2D eigenvalue weighted by molar-refractivity contribution is 5.94. The Labute approximate surface area is 174 Å². The van der Waals surface area contributed by atoms with Crippen LogP contribution in [0.15, 0.2) is 90.0 Å². The van der Waals surface area contributed by atoms with Crippen molar-refractivity contribution in [3.8, 4) is 28.1 Å². The number of hydrogen-bond donors (Lipinski definition) is 2. The van der Waals surface area contributed by atoms with E-state index in [1.807, 2.05) is 66.7 Å². The quantitative estimate of drug-likeness (QED) is 0.372. The van der Waals surface area contributed by atoms with Crippen LogP contribution in [0.4, 0.5) is 0 Å². The number of methoxy groups -OCH3 is 1. The fraction of sp³-hybridized carbons (Fsp3) is 0.0417. The lowest BCUT2D eigenvalue weighted by atomic mass is 10.0. The van der Waals surface area contributed by atoms with Crippen molar-refractivity contribution in [2.24, 2.45) is 5.10 Å². The van der Waals surface area contributed by atoms with Gasteiger partial charge in [0.2, 0.25) is 0 Å². The van der Waals surface area contributed by atoms with Crippen LogP contribution in [0, 0.1) is 0 Å². The molecule has 6 heteroatoms. The molecule has 2 N–H and O–H groups in total. The molecule has 0 saturated heterocycles. The van der Waals surface area contributed by atoms with Crippen LogP contribution < -0.4 is 10.2 Å². The van der Waals surface area contributed by atoms with E-state index < -0.39 is 0 Å². The van der Waals surface area contributed by atoms with E-state index in [9.17, 15) is 4.79 Å². The van der Waals surface area contributed by atoms with Crippen molar-refractivity contribution in [3.63, 3.8) is 0 Å². The van der Waals surface area contributed by atoms with Crippen molar-refractivity contribution in [2.45, 2.75) is 0 Å². The van der Waals surface area contributed by atoms with Gasteiger partial charge in [0.05, 0.1) is 19.0 Å². The molecule has 1 aromatic heterocycles. The average molecular weight is 396 g/mol. The number of hydrazone groups is 1. The molecule has 0 spiro atoms. The molecule has 6 nitrogen and oxygen atoms in total. The SMILES string of the molecule is COc1cccc(/C=N/NC(=O)c2cc(-c3ccc(-c4ccccc4)cc3)n[nH]2)c1. The molecule has 0 fully saturated rings. The van der Waals surface area contributed by atoms with Gasteiger partial charge in [-0.15, -0.1) is 0 Å². The number of amides is 1. The third kappa shape index (κ3) is 4.44. The highest BCUT2D eigenvalue weighted by Gasteiger charge is 2.10. The van der Waals surface area contributed by atoms with E-state index >= 15 is 0 Å². The van der Waals surface area contributed by atoms with Crippen molar-refractivity contribution in [1.82, 2.24) is 15.6 Å². The van der Waals surface area contributed by atoms with Crippen molar-refractivity contribution in [1.29, 1.82) is 0 Å². The predicted octanol–water partition coefficient (Wildman–Crippen LogP) is 4.52. The van der Waals surface area contributed by atoms with Crippen molar-refractivity contribution in [2.75, 3.05) is 7.11 Å². The minimum atomic E-state index is -0.367. The lowest BCUT2D eigenvalue weighted by Gasteiger charge is -2.02. The first-order valence-corrected chi connectivity index (χ1v) is 9.41. The number of nitrogens with one attached hydrogen (secondary N) is 2. The number of rotatable bonds is 6. The van der Waals surface area contributed by atoms with Gasteiger partial charge in [0.15, 0.2) is 0 Å². The van der Waals surface area contributed by atoms with E-state index in [-0.39, 0.29) is 5.91 Å². The minimum Gasteiger partial charge on any atom is -0.497 e. The van der Waals surface area contributed by atoms with Gasteiger partial charge >= 0.3 is 0 Å². The van der Waals surface area contributed by atoms with Crippen molar-refractivity contribution < 1.29 is 9.53 Å². The standard InChI is InChI=1S/C24H20N4O2/c1-30-21-9-5-6-17(14-21)16-25-28-24(29)23-15-22(26-27-23)20-12-10-19(11-13-20)18-7-3-2-4-8-18/h2-16H,1H3,(H,26,27)(H,28,29)/b25-16+. The molecule has 4 aromatic rings. The Morgan fingerprint density at radius 1 is 0.933 bits per heavy atom. The molecule has 0 aliphatic heterocycles. The number of ether oxygens (including phenoxy) is 1. The molecule has 1 amide bonds. The molecule has 0 bridgehead atoms. The van der Waals surface area contributed by atoms with Crippen molar-refractivity contribution >= 4 is 12.1 Å². The van der Waals surface area contributed by atoms with Crippen LogP contribution in [-0.4, -0.2) is 29.4 Å². The van der Waals surface area contributed by atoms with Gasteiger partial charge in [0.25, 0.3) is 5.91 Å². The van der Waals surface area contributed by atoms with Crippen molar-refractivity contribution in [3.05, 3.63) is 96.2 Å². The number of carbonyl (C=O) groups excluding carboxylic acids is 1. The number of carbonyl (C=O) groups is 1. The molecule has 4 rings (SSSR count). The molecular formula is C24H20N4O2. The average Bonchev–Trinajstić information content (AvgIpc) is 3.30. The number of nitrogens with zero attached hydrogens (tertiary/aromatic N) is 2. The Hall–Kier alpha value is -4.19. The summed E-state index contributed by atoms with van der Waals surface area (Å²) in [5, 5.41) is 11.0. The van der Waals surface area contributed by atoms with E-state index in [0.29, 0.717) is 11.4 Å². The Kier molecular flexibility index (Phi) is 5.66. The van der Waals surface area contributed by atoms with Gasteiger partial charge < -0.3 is 4.74 Å². The van der Waals surface area contributed by atoms with Crippen LogP contribution >= 0.6 is 0 Å². The molecule has 148 valence electrons. The Morgan fingerprint density at radius 2 is 1.67 bits per heavy atom. The topological polar surface area (TPSA) is 79.4 Å². The molecule has 30 heavy (non-hydrogen) atoms. The maximum atomic E-state index is 12.3. The molecule has 0 aliphatic carbocycles. The summed E-state index contributed by atoms with van der Waals surface area (Å²) in [6, 6.07) is 27.3. The second-order valence-corrected chi connectivity index (χ2v) is 6.59. The van der Waals surface area contributed by atoms with E-state index in [2.05, 4.69) is 32.9 Å². The number of hydrogen-bond acceptors (Lipinski definition) is 4. The second kappa shape index (κ2) is 8.87. The molecular weight excluding hydrogens is 376 g/mol. The largest absolute Gasteiger partial charge is 0.497 e. The highest BCUT2D eigenvalue weighted by atomic mass is 16.5. The zero-order valence-electron chi connectivity index (χ0n) is 16.4. The van der Waals surface area contributed by atoms with Crippen LogP contribution in [-0.2, 0) is 0 Å². The van der Waals surface area contributed by atoms with Crippen LogP contribution in [0.25, 0.3) is 22.4 Å². The monoisotopic (exact) mass is 396 g/mol. The van der Waals surface area contributed by atoms with Crippen LogP contribution in [0.1, 0.15) is 16.1 Å². The first kappa shape index (κ1) is 19.1. The molecule has 3 aromatic carbocycles. The van der Waals surface area contributed by atoms with Crippen LogP contribution in [0.5, 0.6) is 5.75 Å². The fourth-order valence-corrected chi connectivity index (χ4v) is 3.00. The van der Waals surface area contributed by atoms with Crippen LogP contribution in [0.3, 0.4) is 0 Å². The third-order valence-electron chi connectivity index (χ3n) is 4.58. The molecule has 0 unspecified atom stereocenters. The van der Waals surface area contributed by atoms with E-state index in [4.69, 9.17) is 4.74 Å². The summed E-state index contributed by atoms with van der Waals surface area (Å²) in [6.45, 7) is 0. The summed E-state index contributed by atoms with van der Waals surface area (Å²) in [4.78, 5) is 12.3. The van der Waals surface area contributed by atoms with Gasteiger partial charge in [-0.25, -0.2) is 5.43 Å². The maximum Gasteiger partial charge on any atom is 0.289 e. The first-order chi connectivity index (χ1) is 14.7. The summed E-state index contributed by atoms with van der Waals surface area (Å²) < 4.78 is 5.17. The smallest absolute Gasteiger partial charge is 0.289 e. The number of H-pyrrole nitrogens is 1. The van der Waals surface area contributed by atoms with Gasteiger partial charge in [0, 0.05) is 5.56 Å². The summed E-state index contributed by atoms with van der Waals surface area (Å²) in [7, 11) is 1.60. The lowest BCUT2D eigenvalue weighted by molar-refractivity contribution is 0.0950. The maximum absolute atomic E-state index is 12.3. The summed E-state index contributed by atoms with van der Waals surface area (Å²) in [5.41, 5.74) is 7.54. The van der Waals surface area contributed by atoms with E-state index in [0.717, 1.165) is 28.0 Å². The lowest BCUT2D eigenvalue weighted by Crippen LogP contribution is -2.18. The number of benzene rings is 3. The number of aromatic nitrogens is 2. The van der Waals surface area contributed by atoms with E-state index in [1.165, 1.54) is 0 Å². The van der Waals surface area contributed by atoms with Gasteiger partial charge in [-0.1, -0.05) is 66.7 Å².